The third kappa shape index (κ3) is 5.71. The molecule has 8 aromatic rings. The van der Waals surface area contributed by atoms with Gasteiger partial charge in [0.2, 0.25) is 0 Å². The van der Waals surface area contributed by atoms with Crippen molar-refractivity contribution in [2.24, 2.45) is 0 Å². The highest BCUT2D eigenvalue weighted by Crippen LogP contribution is 2.51. The molecule has 53 heavy (non-hydrogen) atoms. The summed E-state index contributed by atoms with van der Waals surface area (Å²) in [4.78, 5) is 15.1. The van der Waals surface area contributed by atoms with Crippen LogP contribution in [0.2, 0.25) is 0 Å². The van der Waals surface area contributed by atoms with Crippen LogP contribution in [0.25, 0.3) is 72.8 Å². The zero-order chi connectivity index (χ0) is 35.1. The maximum atomic E-state index is 6.78. The average molecular weight is 680 g/mol. The lowest BCUT2D eigenvalue weighted by Gasteiger charge is -2.23. The number of rotatable bonds is 6. The van der Waals surface area contributed by atoms with E-state index in [0.29, 0.717) is 17.5 Å². The van der Waals surface area contributed by atoms with Gasteiger partial charge in [0.15, 0.2) is 17.5 Å². The van der Waals surface area contributed by atoms with Gasteiger partial charge < -0.3 is 4.74 Å². The number of ether oxygens (including phenoxy) is 1. The Morgan fingerprint density at radius 2 is 0.981 bits per heavy atom. The highest BCUT2D eigenvalue weighted by atomic mass is 16.5. The molecule has 0 saturated carbocycles. The van der Waals surface area contributed by atoms with Crippen molar-refractivity contribution in [3.05, 3.63) is 199 Å². The fourth-order valence-corrected chi connectivity index (χ4v) is 7.67. The Kier molecular flexibility index (Phi) is 7.58. The smallest absolute Gasteiger partial charge is 0.164 e. The summed E-state index contributed by atoms with van der Waals surface area (Å²) in [6.45, 7) is 0. The highest BCUT2D eigenvalue weighted by Gasteiger charge is 2.38. The molecule has 2 heterocycles. The van der Waals surface area contributed by atoms with Gasteiger partial charge in [-0.25, -0.2) is 15.0 Å². The number of aromatic nitrogens is 3. The number of hydrogen-bond acceptors (Lipinski definition) is 4. The summed E-state index contributed by atoms with van der Waals surface area (Å²) in [5, 5.41) is 2.45. The van der Waals surface area contributed by atoms with E-state index in [1.54, 1.807) is 0 Å². The molecule has 4 nitrogen and oxygen atoms in total. The molecule has 0 spiro atoms. The van der Waals surface area contributed by atoms with E-state index < -0.39 is 0 Å². The third-order valence-corrected chi connectivity index (χ3v) is 10.3. The van der Waals surface area contributed by atoms with Gasteiger partial charge in [-0.15, -0.1) is 0 Å². The minimum Gasteiger partial charge on any atom is -0.484 e. The number of benzene rings is 7. The molecule has 0 saturated heterocycles. The molecule has 0 N–H and O–H groups in total. The van der Waals surface area contributed by atoms with Gasteiger partial charge in [-0.05, 0) is 56.8 Å². The number of allylic oxidation sites excluding steroid dienone is 2. The van der Waals surface area contributed by atoms with Gasteiger partial charge in [0.05, 0.1) is 5.92 Å². The second-order valence-corrected chi connectivity index (χ2v) is 13.5. The van der Waals surface area contributed by atoms with Crippen LogP contribution in [0.3, 0.4) is 0 Å². The third-order valence-electron chi connectivity index (χ3n) is 10.3. The van der Waals surface area contributed by atoms with Crippen LogP contribution >= 0.6 is 0 Å². The summed E-state index contributed by atoms with van der Waals surface area (Å²) < 4.78 is 6.78. The van der Waals surface area contributed by atoms with Crippen LogP contribution in [0.15, 0.2) is 188 Å². The molecule has 1 aliphatic heterocycles. The van der Waals surface area contributed by atoms with Gasteiger partial charge >= 0.3 is 0 Å². The van der Waals surface area contributed by atoms with E-state index in [-0.39, 0.29) is 12.0 Å². The molecular weight excluding hydrogens is 647 g/mol. The Morgan fingerprint density at radius 1 is 0.415 bits per heavy atom. The molecule has 1 aliphatic carbocycles. The topological polar surface area (TPSA) is 47.9 Å². The summed E-state index contributed by atoms with van der Waals surface area (Å²) >= 11 is 0. The van der Waals surface area contributed by atoms with E-state index in [0.717, 1.165) is 44.7 Å². The quantitative estimate of drug-likeness (QED) is 0.175. The predicted octanol–water partition coefficient (Wildman–Crippen LogP) is 11.9. The Hall–Kier alpha value is -6.91. The molecule has 2 atom stereocenters. The van der Waals surface area contributed by atoms with E-state index in [1.165, 1.54) is 27.5 Å². The van der Waals surface area contributed by atoms with Crippen molar-refractivity contribution in [3.63, 3.8) is 0 Å². The van der Waals surface area contributed by atoms with Gasteiger partial charge in [-0.2, -0.15) is 0 Å². The van der Waals surface area contributed by atoms with Crippen molar-refractivity contribution in [2.45, 2.75) is 12.0 Å². The maximum Gasteiger partial charge on any atom is 0.164 e. The van der Waals surface area contributed by atoms with E-state index >= 15 is 0 Å². The van der Waals surface area contributed by atoms with Crippen molar-refractivity contribution in [1.82, 2.24) is 15.0 Å². The SMILES string of the molecule is C1=CC2Oc3c(-c4ccc5ccccc5c4)cccc3C2C(c2cccc(-c3nc(-c4ccccc4)nc(-c4ccc(-c5ccccc5)cc4)n3)c2)=C1. The number of nitrogens with zero attached hydrogens (tertiary/aromatic N) is 3. The minimum atomic E-state index is -0.0948. The largest absolute Gasteiger partial charge is 0.484 e. The lowest BCUT2D eigenvalue weighted by Crippen LogP contribution is -2.19. The Balaban J connectivity index is 1.03. The highest BCUT2D eigenvalue weighted by molar-refractivity contribution is 5.90. The molecule has 0 bridgehead atoms. The molecular formula is C49H33N3O. The van der Waals surface area contributed by atoms with Crippen molar-refractivity contribution in [1.29, 1.82) is 0 Å². The average Bonchev–Trinajstić information content (AvgIpc) is 3.63. The molecule has 10 rings (SSSR count). The molecule has 250 valence electrons. The van der Waals surface area contributed by atoms with Gasteiger partial charge in [-0.3, -0.25) is 0 Å². The van der Waals surface area contributed by atoms with Crippen LogP contribution in [0.5, 0.6) is 5.75 Å². The van der Waals surface area contributed by atoms with E-state index in [4.69, 9.17) is 19.7 Å². The molecule has 0 radical (unpaired) electrons. The monoisotopic (exact) mass is 679 g/mol. The second-order valence-electron chi connectivity index (χ2n) is 13.5. The number of fused-ring (bicyclic) bond motifs is 4. The summed E-state index contributed by atoms with van der Waals surface area (Å²) in [6, 6.07) is 59.2. The second kappa shape index (κ2) is 13.0. The Labute approximate surface area is 308 Å². The number of hydrogen-bond donors (Lipinski definition) is 0. The van der Waals surface area contributed by atoms with Crippen LogP contribution in [0, 0.1) is 0 Å². The van der Waals surface area contributed by atoms with E-state index in [9.17, 15) is 0 Å². The first-order valence-corrected chi connectivity index (χ1v) is 18.0. The van der Waals surface area contributed by atoms with Gasteiger partial charge in [0.25, 0.3) is 0 Å². The fraction of sp³-hybridized carbons (Fsp3) is 0.0408. The lowest BCUT2D eigenvalue weighted by atomic mass is 9.80. The predicted molar refractivity (Wildman–Crippen MR) is 215 cm³/mol. The standard InChI is InChI=1S/C49H33N3O/c1-3-12-32(13-4-1)34-24-27-36(28-25-34)48-50-47(35-15-5-2-6-16-35)51-49(52-48)40-19-9-18-38(31-40)41-20-11-23-44-45(41)43-22-10-21-42(46(43)53-44)39-29-26-33-14-7-8-17-37(33)30-39/h1-31,44-45H. The molecule has 4 heteroatoms. The van der Waals surface area contributed by atoms with Gasteiger partial charge in [0.1, 0.15) is 11.9 Å². The summed E-state index contributed by atoms with van der Waals surface area (Å²) in [5.41, 5.74) is 10.9. The first kappa shape index (κ1) is 30.9. The summed E-state index contributed by atoms with van der Waals surface area (Å²) in [5.74, 6) is 2.93. The van der Waals surface area contributed by atoms with E-state index in [1.807, 2.05) is 36.4 Å². The Morgan fingerprint density at radius 3 is 1.75 bits per heavy atom. The van der Waals surface area contributed by atoms with E-state index in [2.05, 4.69) is 152 Å². The molecule has 7 aromatic carbocycles. The minimum absolute atomic E-state index is 0.0579. The van der Waals surface area contributed by atoms with Crippen LogP contribution in [-0.2, 0) is 0 Å². The molecule has 2 aliphatic rings. The van der Waals surface area contributed by atoms with Crippen LogP contribution in [0.1, 0.15) is 17.0 Å². The number of para-hydroxylation sites is 1. The van der Waals surface area contributed by atoms with Crippen LogP contribution in [0.4, 0.5) is 0 Å². The maximum absolute atomic E-state index is 6.78. The molecule has 1 aromatic heterocycles. The molecule has 0 amide bonds. The van der Waals surface area contributed by atoms with Crippen molar-refractivity contribution in [2.75, 3.05) is 0 Å². The van der Waals surface area contributed by atoms with Gasteiger partial charge in [0, 0.05) is 27.8 Å². The Bertz CT molecular complexity index is 2700. The fourth-order valence-electron chi connectivity index (χ4n) is 7.67. The molecule has 2 unspecified atom stereocenters. The first-order chi connectivity index (χ1) is 26.2. The van der Waals surface area contributed by atoms with Crippen LogP contribution in [-0.4, -0.2) is 21.1 Å². The molecule has 0 fully saturated rings. The van der Waals surface area contributed by atoms with Gasteiger partial charge in [-0.1, -0.05) is 170 Å². The first-order valence-electron chi connectivity index (χ1n) is 18.0. The summed E-state index contributed by atoms with van der Waals surface area (Å²) in [7, 11) is 0. The zero-order valence-corrected chi connectivity index (χ0v) is 28.8. The van der Waals surface area contributed by atoms with Crippen LogP contribution < -0.4 is 4.74 Å². The van der Waals surface area contributed by atoms with Crippen molar-refractivity contribution >= 4 is 16.3 Å². The summed E-state index contributed by atoms with van der Waals surface area (Å²) in [6.07, 6.45) is 6.43. The normalized spacial score (nSPS) is 15.7. The van der Waals surface area contributed by atoms with Crippen molar-refractivity contribution < 1.29 is 4.74 Å². The lowest BCUT2D eigenvalue weighted by molar-refractivity contribution is 0.272. The van der Waals surface area contributed by atoms with Crippen molar-refractivity contribution in [3.8, 4) is 62.2 Å². The zero-order valence-electron chi connectivity index (χ0n) is 28.8.